The quantitative estimate of drug-likeness (QED) is 0.577. The monoisotopic (exact) mass is 324 g/mol. The summed E-state index contributed by atoms with van der Waals surface area (Å²) in [7, 11) is 0. The Bertz CT molecular complexity index is 950. The smallest absolute Gasteiger partial charge is 0.235 e. The minimum Gasteiger partial charge on any atom is -0.262 e. The summed E-state index contributed by atoms with van der Waals surface area (Å²) < 4.78 is 3.83. The largest absolute Gasteiger partial charge is 0.262 e. The first-order valence-electron chi connectivity index (χ1n) is 7.58. The van der Waals surface area contributed by atoms with E-state index in [1.807, 2.05) is 46.5 Å². The first-order chi connectivity index (χ1) is 11.3. The SMILES string of the molecule is CCCn1nc(C)cc1-c1nn2c(-c3ccccc3)nnc2s1. The fraction of sp³-hybridized carbons (Fsp3) is 0.250. The van der Waals surface area contributed by atoms with Crippen molar-refractivity contribution in [1.82, 2.24) is 29.6 Å². The molecule has 4 rings (SSSR count). The van der Waals surface area contributed by atoms with Gasteiger partial charge in [0.25, 0.3) is 0 Å². The molecular formula is C16H16N6S. The van der Waals surface area contributed by atoms with Crippen LogP contribution < -0.4 is 0 Å². The van der Waals surface area contributed by atoms with Crippen LogP contribution in [0.2, 0.25) is 0 Å². The van der Waals surface area contributed by atoms with Crippen molar-refractivity contribution in [2.45, 2.75) is 26.8 Å². The van der Waals surface area contributed by atoms with Gasteiger partial charge in [0.05, 0.1) is 11.4 Å². The van der Waals surface area contributed by atoms with Crippen molar-refractivity contribution < 1.29 is 0 Å². The average molecular weight is 324 g/mol. The van der Waals surface area contributed by atoms with E-state index in [4.69, 9.17) is 5.10 Å². The number of benzene rings is 1. The van der Waals surface area contributed by atoms with Gasteiger partial charge in [0.2, 0.25) is 4.96 Å². The van der Waals surface area contributed by atoms with Gasteiger partial charge in [-0.25, -0.2) is 0 Å². The number of aryl methyl sites for hydroxylation is 2. The molecule has 116 valence electrons. The molecule has 0 N–H and O–H groups in total. The molecule has 0 fully saturated rings. The zero-order chi connectivity index (χ0) is 15.8. The summed E-state index contributed by atoms with van der Waals surface area (Å²) in [5, 5.41) is 18.7. The Morgan fingerprint density at radius 2 is 1.91 bits per heavy atom. The maximum atomic E-state index is 4.72. The highest BCUT2D eigenvalue weighted by Crippen LogP contribution is 2.28. The van der Waals surface area contributed by atoms with E-state index in [2.05, 4.69) is 28.3 Å². The number of nitrogens with zero attached hydrogens (tertiary/aromatic N) is 6. The Morgan fingerprint density at radius 3 is 2.70 bits per heavy atom. The summed E-state index contributed by atoms with van der Waals surface area (Å²) in [6.45, 7) is 5.03. The van der Waals surface area contributed by atoms with Gasteiger partial charge in [-0.3, -0.25) is 4.68 Å². The minimum atomic E-state index is 0.765. The van der Waals surface area contributed by atoms with Gasteiger partial charge in [0.1, 0.15) is 0 Å². The predicted octanol–water partition coefficient (Wildman–Crippen LogP) is 3.43. The maximum absolute atomic E-state index is 4.72. The van der Waals surface area contributed by atoms with Crippen LogP contribution >= 0.6 is 11.3 Å². The van der Waals surface area contributed by atoms with Crippen LogP contribution in [-0.4, -0.2) is 29.6 Å². The highest BCUT2D eigenvalue weighted by Gasteiger charge is 2.17. The fourth-order valence-corrected chi connectivity index (χ4v) is 3.45. The molecule has 0 saturated heterocycles. The molecule has 4 aromatic rings. The van der Waals surface area contributed by atoms with Gasteiger partial charge >= 0.3 is 0 Å². The van der Waals surface area contributed by atoms with Gasteiger partial charge < -0.3 is 0 Å². The Balaban J connectivity index is 1.83. The second-order valence-electron chi connectivity index (χ2n) is 5.39. The van der Waals surface area contributed by atoms with Crippen LogP contribution in [-0.2, 0) is 6.54 Å². The van der Waals surface area contributed by atoms with Crippen LogP contribution in [0.4, 0.5) is 0 Å². The lowest BCUT2D eigenvalue weighted by Gasteiger charge is -2.02. The van der Waals surface area contributed by atoms with E-state index >= 15 is 0 Å². The van der Waals surface area contributed by atoms with Gasteiger partial charge in [-0.1, -0.05) is 48.6 Å². The molecule has 0 atom stereocenters. The van der Waals surface area contributed by atoms with Gasteiger partial charge in [-0.2, -0.15) is 14.7 Å². The number of aromatic nitrogens is 6. The highest BCUT2D eigenvalue weighted by atomic mass is 32.1. The number of rotatable bonds is 4. The van der Waals surface area contributed by atoms with Crippen molar-refractivity contribution in [2.75, 3.05) is 0 Å². The molecule has 3 aromatic heterocycles. The Hall–Kier alpha value is -2.54. The summed E-state index contributed by atoms with van der Waals surface area (Å²) in [6.07, 6.45) is 1.04. The molecule has 0 saturated carbocycles. The standard InChI is InChI=1S/C16H16N6S/c1-3-9-21-13(10-11(2)19-21)15-20-22-14(17-18-16(22)23-15)12-7-5-4-6-8-12/h4-8,10H,3,9H2,1-2H3. The number of hydrogen-bond donors (Lipinski definition) is 0. The van der Waals surface area contributed by atoms with Crippen molar-refractivity contribution in [2.24, 2.45) is 0 Å². The molecule has 0 aliphatic carbocycles. The molecule has 3 heterocycles. The third-order valence-electron chi connectivity index (χ3n) is 3.58. The first kappa shape index (κ1) is 14.1. The summed E-state index contributed by atoms with van der Waals surface area (Å²) in [5.74, 6) is 0.765. The molecular weight excluding hydrogens is 308 g/mol. The predicted molar refractivity (Wildman–Crippen MR) is 90.3 cm³/mol. The molecule has 0 aliphatic heterocycles. The van der Waals surface area contributed by atoms with Crippen LogP contribution in [0, 0.1) is 6.92 Å². The molecule has 0 spiro atoms. The molecule has 6 nitrogen and oxygen atoms in total. The topological polar surface area (TPSA) is 60.9 Å². The molecule has 0 bridgehead atoms. The zero-order valence-electron chi connectivity index (χ0n) is 13.0. The minimum absolute atomic E-state index is 0.765. The average Bonchev–Trinajstić information content (AvgIpc) is 3.22. The normalized spacial score (nSPS) is 11.4. The fourth-order valence-electron chi connectivity index (χ4n) is 2.59. The summed E-state index contributed by atoms with van der Waals surface area (Å²) in [4.78, 5) is 0.792. The number of fused-ring (bicyclic) bond motifs is 1. The molecule has 0 aliphatic rings. The van der Waals surface area contributed by atoms with Gasteiger partial charge in [-0.15, -0.1) is 10.2 Å². The van der Waals surface area contributed by atoms with E-state index < -0.39 is 0 Å². The van der Waals surface area contributed by atoms with Crippen LogP contribution in [0.5, 0.6) is 0 Å². The van der Waals surface area contributed by atoms with E-state index in [0.29, 0.717) is 0 Å². The van der Waals surface area contributed by atoms with Crippen molar-refractivity contribution in [3.63, 3.8) is 0 Å². The third-order valence-corrected chi connectivity index (χ3v) is 4.50. The second-order valence-corrected chi connectivity index (χ2v) is 6.34. The summed E-state index contributed by atoms with van der Waals surface area (Å²) in [5.41, 5.74) is 3.05. The van der Waals surface area contributed by atoms with Crippen molar-refractivity contribution >= 4 is 16.3 Å². The Morgan fingerprint density at radius 1 is 1.09 bits per heavy atom. The molecule has 1 aromatic carbocycles. The molecule has 7 heteroatoms. The summed E-state index contributed by atoms with van der Waals surface area (Å²) >= 11 is 1.54. The van der Waals surface area contributed by atoms with E-state index in [0.717, 1.165) is 45.7 Å². The highest BCUT2D eigenvalue weighted by molar-refractivity contribution is 7.19. The zero-order valence-corrected chi connectivity index (χ0v) is 13.8. The van der Waals surface area contributed by atoms with E-state index in [1.54, 1.807) is 0 Å². The molecule has 0 unspecified atom stereocenters. The summed E-state index contributed by atoms with van der Waals surface area (Å²) in [6, 6.07) is 12.1. The number of hydrogen-bond acceptors (Lipinski definition) is 5. The lowest BCUT2D eigenvalue weighted by Crippen LogP contribution is -2.01. The van der Waals surface area contributed by atoms with Crippen LogP contribution in [0.15, 0.2) is 36.4 Å². The molecule has 23 heavy (non-hydrogen) atoms. The lowest BCUT2D eigenvalue weighted by atomic mass is 10.2. The van der Waals surface area contributed by atoms with Crippen LogP contribution in [0.1, 0.15) is 19.0 Å². The van der Waals surface area contributed by atoms with Gasteiger partial charge in [-0.05, 0) is 19.4 Å². The van der Waals surface area contributed by atoms with E-state index in [1.165, 1.54) is 11.3 Å². The van der Waals surface area contributed by atoms with Crippen LogP contribution in [0.25, 0.3) is 27.1 Å². The van der Waals surface area contributed by atoms with Gasteiger partial charge in [0, 0.05) is 12.1 Å². The van der Waals surface area contributed by atoms with Gasteiger partial charge in [0.15, 0.2) is 10.8 Å². The molecule has 0 radical (unpaired) electrons. The second kappa shape index (κ2) is 5.58. The lowest BCUT2D eigenvalue weighted by molar-refractivity contribution is 0.603. The first-order valence-corrected chi connectivity index (χ1v) is 8.40. The van der Waals surface area contributed by atoms with E-state index in [-0.39, 0.29) is 0 Å². The maximum Gasteiger partial charge on any atom is 0.235 e. The van der Waals surface area contributed by atoms with Crippen molar-refractivity contribution in [1.29, 1.82) is 0 Å². The van der Waals surface area contributed by atoms with E-state index in [9.17, 15) is 0 Å². The Kier molecular flexibility index (Phi) is 3.42. The third kappa shape index (κ3) is 2.43. The Labute approximate surface area is 137 Å². The van der Waals surface area contributed by atoms with Crippen molar-refractivity contribution in [3.05, 3.63) is 42.1 Å². The van der Waals surface area contributed by atoms with Crippen molar-refractivity contribution in [3.8, 4) is 22.1 Å². The molecule has 0 amide bonds. The van der Waals surface area contributed by atoms with Crippen LogP contribution in [0.3, 0.4) is 0 Å².